The quantitative estimate of drug-likeness (QED) is 0.825. The van der Waals surface area contributed by atoms with Gasteiger partial charge in [0, 0.05) is 24.7 Å². The van der Waals surface area contributed by atoms with E-state index in [1.54, 1.807) is 0 Å². The van der Waals surface area contributed by atoms with Gasteiger partial charge in [-0.05, 0) is 38.3 Å². The first-order valence-corrected chi connectivity index (χ1v) is 6.60. The third kappa shape index (κ3) is 2.72. The molecule has 2 atom stereocenters. The van der Waals surface area contributed by atoms with E-state index in [0.29, 0.717) is 12.5 Å². The van der Waals surface area contributed by atoms with Gasteiger partial charge in [-0.25, -0.2) is 0 Å². The minimum absolute atomic E-state index is 0.105. The van der Waals surface area contributed by atoms with Gasteiger partial charge < -0.3 is 10.6 Å². The van der Waals surface area contributed by atoms with Crippen LogP contribution in [0.2, 0.25) is 0 Å². The number of carbonyl (C=O) groups is 1. The van der Waals surface area contributed by atoms with E-state index in [4.69, 9.17) is 5.73 Å². The molecule has 1 aromatic rings. The van der Waals surface area contributed by atoms with Crippen LogP contribution in [0.3, 0.4) is 0 Å². The van der Waals surface area contributed by atoms with Crippen LogP contribution in [-0.4, -0.2) is 29.9 Å². The molecule has 2 N–H and O–H groups in total. The average Bonchev–Trinajstić information content (AvgIpc) is 2.30. The predicted molar refractivity (Wildman–Crippen MR) is 73.6 cm³/mol. The Hall–Kier alpha value is -1.35. The molecule has 3 nitrogen and oxygen atoms in total. The molecule has 0 aromatic heterocycles. The lowest BCUT2D eigenvalue weighted by Crippen LogP contribution is -2.49. The van der Waals surface area contributed by atoms with Crippen molar-refractivity contribution in [3.05, 3.63) is 34.9 Å². The molecule has 1 saturated heterocycles. The van der Waals surface area contributed by atoms with Crippen molar-refractivity contribution in [2.45, 2.75) is 33.2 Å². The molecule has 2 rings (SSSR count). The summed E-state index contributed by atoms with van der Waals surface area (Å²) in [5.41, 5.74) is 9.10. The summed E-state index contributed by atoms with van der Waals surface area (Å²) in [7, 11) is 0. The minimum atomic E-state index is 0.105. The number of rotatable bonds is 1. The van der Waals surface area contributed by atoms with E-state index in [2.05, 4.69) is 13.0 Å². The minimum Gasteiger partial charge on any atom is -0.337 e. The molecule has 18 heavy (non-hydrogen) atoms. The number of likely N-dealkylation sites (tertiary alicyclic amines) is 1. The van der Waals surface area contributed by atoms with Gasteiger partial charge in [-0.15, -0.1) is 0 Å². The molecule has 1 aliphatic rings. The molecule has 1 amide bonds. The van der Waals surface area contributed by atoms with Gasteiger partial charge >= 0.3 is 0 Å². The van der Waals surface area contributed by atoms with Crippen molar-refractivity contribution in [1.29, 1.82) is 0 Å². The van der Waals surface area contributed by atoms with E-state index in [1.165, 1.54) is 0 Å². The Morgan fingerprint density at radius 3 is 2.44 bits per heavy atom. The lowest BCUT2D eigenvalue weighted by Gasteiger charge is -2.35. The number of benzene rings is 1. The second-order valence-corrected chi connectivity index (χ2v) is 5.56. The van der Waals surface area contributed by atoms with Crippen molar-refractivity contribution >= 4 is 5.91 Å². The summed E-state index contributed by atoms with van der Waals surface area (Å²) >= 11 is 0. The Kier molecular flexibility index (Phi) is 3.71. The van der Waals surface area contributed by atoms with Gasteiger partial charge in [0.1, 0.15) is 0 Å². The summed E-state index contributed by atoms with van der Waals surface area (Å²) in [5.74, 6) is 0.623. The van der Waals surface area contributed by atoms with Gasteiger partial charge in [0.15, 0.2) is 0 Å². The molecule has 0 saturated carbocycles. The monoisotopic (exact) mass is 246 g/mol. The van der Waals surface area contributed by atoms with Gasteiger partial charge in [0.2, 0.25) is 0 Å². The molecule has 0 aliphatic carbocycles. The van der Waals surface area contributed by atoms with Crippen molar-refractivity contribution in [2.24, 2.45) is 11.7 Å². The number of amides is 1. The summed E-state index contributed by atoms with van der Waals surface area (Å²) in [5, 5.41) is 0. The number of nitrogens with two attached hydrogens (primary N) is 1. The molecule has 1 heterocycles. The first kappa shape index (κ1) is 13.1. The highest BCUT2D eigenvalue weighted by molar-refractivity contribution is 5.94. The summed E-state index contributed by atoms with van der Waals surface area (Å²) in [6, 6.07) is 6.10. The van der Waals surface area contributed by atoms with Crippen LogP contribution in [-0.2, 0) is 0 Å². The molecule has 1 fully saturated rings. The van der Waals surface area contributed by atoms with E-state index >= 15 is 0 Å². The second-order valence-electron chi connectivity index (χ2n) is 5.56. The SMILES string of the molecule is Cc1cc(C)cc(C(=O)N2CCC(C)C(N)C2)c1. The van der Waals surface area contributed by atoms with Crippen LogP contribution in [0.25, 0.3) is 0 Å². The number of hydrogen-bond acceptors (Lipinski definition) is 2. The lowest BCUT2D eigenvalue weighted by molar-refractivity contribution is 0.0672. The molecule has 1 aliphatic heterocycles. The third-order valence-corrected chi connectivity index (χ3v) is 3.77. The summed E-state index contributed by atoms with van der Waals surface area (Å²) in [6.45, 7) is 7.69. The van der Waals surface area contributed by atoms with Crippen LogP contribution in [0.4, 0.5) is 0 Å². The van der Waals surface area contributed by atoms with Crippen molar-refractivity contribution in [3.63, 3.8) is 0 Å². The Labute approximate surface area is 109 Å². The van der Waals surface area contributed by atoms with E-state index in [1.807, 2.05) is 30.9 Å². The Bertz CT molecular complexity index is 436. The Morgan fingerprint density at radius 1 is 1.28 bits per heavy atom. The van der Waals surface area contributed by atoms with Crippen LogP contribution >= 0.6 is 0 Å². The summed E-state index contributed by atoms with van der Waals surface area (Å²) in [4.78, 5) is 14.3. The summed E-state index contributed by atoms with van der Waals surface area (Å²) < 4.78 is 0. The van der Waals surface area contributed by atoms with E-state index < -0.39 is 0 Å². The van der Waals surface area contributed by atoms with Crippen molar-refractivity contribution in [1.82, 2.24) is 4.90 Å². The molecule has 3 heteroatoms. The Morgan fingerprint density at radius 2 is 1.89 bits per heavy atom. The second kappa shape index (κ2) is 5.11. The van der Waals surface area contributed by atoms with Gasteiger partial charge in [0.25, 0.3) is 5.91 Å². The highest BCUT2D eigenvalue weighted by atomic mass is 16.2. The topological polar surface area (TPSA) is 46.3 Å². The molecule has 0 bridgehead atoms. The molecule has 98 valence electrons. The zero-order chi connectivity index (χ0) is 13.3. The van der Waals surface area contributed by atoms with Crippen molar-refractivity contribution in [3.8, 4) is 0 Å². The van der Waals surface area contributed by atoms with E-state index in [-0.39, 0.29) is 11.9 Å². The number of carbonyl (C=O) groups excluding carboxylic acids is 1. The van der Waals surface area contributed by atoms with E-state index in [9.17, 15) is 4.79 Å². The molecule has 1 aromatic carbocycles. The predicted octanol–water partition coefficient (Wildman–Crippen LogP) is 2.11. The standard InChI is InChI=1S/C15H22N2O/c1-10-6-11(2)8-13(7-10)15(18)17-5-4-12(3)14(16)9-17/h6-8,12,14H,4-5,9,16H2,1-3H3. The fourth-order valence-corrected chi connectivity index (χ4v) is 2.56. The molecule has 2 unspecified atom stereocenters. The molecule has 0 radical (unpaired) electrons. The fraction of sp³-hybridized carbons (Fsp3) is 0.533. The van der Waals surface area contributed by atoms with Gasteiger partial charge in [-0.1, -0.05) is 24.1 Å². The fourth-order valence-electron chi connectivity index (χ4n) is 2.56. The lowest BCUT2D eigenvalue weighted by atomic mass is 9.93. The van der Waals surface area contributed by atoms with E-state index in [0.717, 1.165) is 29.7 Å². The van der Waals surface area contributed by atoms with Gasteiger partial charge in [0.05, 0.1) is 0 Å². The Balaban J connectivity index is 2.16. The van der Waals surface area contributed by atoms with Crippen LogP contribution in [0.15, 0.2) is 18.2 Å². The maximum absolute atomic E-state index is 12.4. The zero-order valence-electron chi connectivity index (χ0n) is 11.4. The van der Waals surface area contributed by atoms with Crippen LogP contribution < -0.4 is 5.73 Å². The smallest absolute Gasteiger partial charge is 0.253 e. The maximum atomic E-state index is 12.4. The largest absolute Gasteiger partial charge is 0.337 e. The molecular formula is C15H22N2O. The van der Waals surface area contributed by atoms with Gasteiger partial charge in [-0.2, -0.15) is 0 Å². The first-order valence-electron chi connectivity index (χ1n) is 6.60. The van der Waals surface area contributed by atoms with Crippen LogP contribution in [0.1, 0.15) is 34.8 Å². The summed E-state index contributed by atoms with van der Waals surface area (Å²) in [6.07, 6.45) is 0.998. The average molecular weight is 246 g/mol. The number of nitrogens with zero attached hydrogens (tertiary/aromatic N) is 1. The molecular weight excluding hydrogens is 224 g/mol. The van der Waals surface area contributed by atoms with Crippen molar-refractivity contribution in [2.75, 3.05) is 13.1 Å². The first-order chi connectivity index (χ1) is 8.47. The van der Waals surface area contributed by atoms with Crippen LogP contribution in [0.5, 0.6) is 0 Å². The molecule has 0 spiro atoms. The highest BCUT2D eigenvalue weighted by Crippen LogP contribution is 2.18. The van der Waals surface area contributed by atoms with Crippen LogP contribution in [0, 0.1) is 19.8 Å². The highest BCUT2D eigenvalue weighted by Gasteiger charge is 2.26. The maximum Gasteiger partial charge on any atom is 0.253 e. The van der Waals surface area contributed by atoms with Gasteiger partial charge in [-0.3, -0.25) is 4.79 Å². The zero-order valence-corrected chi connectivity index (χ0v) is 11.4. The number of aryl methyl sites for hydroxylation is 2. The normalized spacial score (nSPS) is 24.1. The number of hydrogen-bond donors (Lipinski definition) is 1. The van der Waals surface area contributed by atoms with Crippen molar-refractivity contribution < 1.29 is 4.79 Å². The number of piperidine rings is 1. The third-order valence-electron chi connectivity index (χ3n) is 3.77.